The number of carbonyl (C=O) groups is 2. The highest BCUT2D eigenvalue weighted by atomic mass is 35.5. The largest absolute Gasteiger partial charge is 0.335 e. The summed E-state index contributed by atoms with van der Waals surface area (Å²) in [5.41, 5.74) is 0.122. The fourth-order valence-electron chi connectivity index (χ4n) is 3.87. The molecule has 2 aliphatic rings. The van der Waals surface area contributed by atoms with E-state index in [2.05, 4.69) is 5.10 Å². The summed E-state index contributed by atoms with van der Waals surface area (Å²) >= 11 is 6.60. The summed E-state index contributed by atoms with van der Waals surface area (Å²) in [4.78, 5) is 40.1. The summed E-state index contributed by atoms with van der Waals surface area (Å²) in [5, 5.41) is 2.74. The number of amides is 1. The van der Waals surface area contributed by atoms with Gasteiger partial charge in [0.15, 0.2) is 9.84 Å². The molecule has 0 spiro atoms. The molecule has 8 nitrogen and oxygen atoms in total. The van der Waals surface area contributed by atoms with Crippen LogP contribution in [0.2, 0.25) is 5.02 Å². The third-order valence-electron chi connectivity index (χ3n) is 5.83. The van der Waals surface area contributed by atoms with Gasteiger partial charge in [-0.2, -0.15) is 0 Å². The Morgan fingerprint density at radius 2 is 1.87 bits per heavy atom. The lowest BCUT2D eigenvalue weighted by atomic mass is 10.0. The first-order valence-corrected chi connectivity index (χ1v) is 12.4. The molecule has 0 unspecified atom stereocenters. The zero-order chi connectivity index (χ0) is 22.7. The van der Waals surface area contributed by atoms with Gasteiger partial charge in [-0.15, -0.1) is 0 Å². The Balaban J connectivity index is 1.82. The molecule has 2 aromatic rings. The molecule has 166 valence electrons. The summed E-state index contributed by atoms with van der Waals surface area (Å²) in [5.74, 6) is -0.598. The number of aromatic nitrogens is 2. The molecule has 0 atom stereocenters. The van der Waals surface area contributed by atoms with Gasteiger partial charge in [0.05, 0.1) is 9.92 Å². The van der Waals surface area contributed by atoms with E-state index in [0.717, 1.165) is 31.9 Å². The van der Waals surface area contributed by atoms with E-state index < -0.39 is 21.2 Å². The number of aromatic amines is 1. The minimum Gasteiger partial charge on any atom is -0.335 e. The summed E-state index contributed by atoms with van der Waals surface area (Å²) in [6.07, 6.45) is 4.47. The van der Waals surface area contributed by atoms with Crippen LogP contribution in [0.5, 0.6) is 0 Å². The van der Waals surface area contributed by atoms with E-state index in [1.54, 1.807) is 11.8 Å². The van der Waals surface area contributed by atoms with Crippen molar-refractivity contribution >= 4 is 33.1 Å². The highest BCUT2D eigenvalue weighted by molar-refractivity contribution is 7.90. The molecule has 2 aliphatic carbocycles. The summed E-state index contributed by atoms with van der Waals surface area (Å²) in [6.45, 7) is 1.63. The maximum Gasteiger partial charge on any atom is 0.277 e. The SMILES string of the molecule is Cc1[nH]n(C)c(=O)c1C(=O)c1ccc(S(C)(=O)=O)c(CN(C(=O)C2CC2)C2CC2)c1Cl. The van der Waals surface area contributed by atoms with Gasteiger partial charge in [-0.3, -0.25) is 24.2 Å². The highest BCUT2D eigenvalue weighted by Gasteiger charge is 2.41. The van der Waals surface area contributed by atoms with Crippen LogP contribution in [0.4, 0.5) is 0 Å². The minimum atomic E-state index is -3.66. The van der Waals surface area contributed by atoms with Crippen molar-refractivity contribution in [2.75, 3.05) is 6.26 Å². The lowest BCUT2D eigenvalue weighted by Gasteiger charge is -2.25. The number of benzene rings is 1. The van der Waals surface area contributed by atoms with Crippen molar-refractivity contribution in [3.05, 3.63) is 49.9 Å². The third kappa shape index (κ3) is 4.08. The summed E-state index contributed by atoms with van der Waals surface area (Å²) < 4.78 is 26.1. The van der Waals surface area contributed by atoms with Crippen LogP contribution in [-0.2, 0) is 28.2 Å². The van der Waals surface area contributed by atoms with E-state index in [9.17, 15) is 22.8 Å². The van der Waals surface area contributed by atoms with Crippen molar-refractivity contribution < 1.29 is 18.0 Å². The second-order valence-electron chi connectivity index (χ2n) is 8.45. The number of hydrogen-bond donors (Lipinski definition) is 1. The fourth-order valence-corrected chi connectivity index (χ4v) is 5.17. The van der Waals surface area contributed by atoms with Crippen LogP contribution in [0.1, 0.15) is 52.9 Å². The molecule has 4 rings (SSSR count). The van der Waals surface area contributed by atoms with Crippen LogP contribution in [0.3, 0.4) is 0 Å². The van der Waals surface area contributed by atoms with Crippen molar-refractivity contribution in [1.29, 1.82) is 0 Å². The molecule has 2 fully saturated rings. The predicted molar refractivity (Wildman–Crippen MR) is 115 cm³/mol. The molecule has 1 N–H and O–H groups in total. The van der Waals surface area contributed by atoms with Gasteiger partial charge < -0.3 is 4.90 Å². The molecular formula is C21H24ClN3O5S. The van der Waals surface area contributed by atoms with Gasteiger partial charge in [0, 0.05) is 48.6 Å². The van der Waals surface area contributed by atoms with Crippen molar-refractivity contribution in [3.63, 3.8) is 0 Å². The molecule has 1 aromatic heterocycles. The average molecular weight is 466 g/mol. The number of H-pyrrole nitrogens is 1. The Kier molecular flexibility index (Phi) is 5.37. The molecular weight excluding hydrogens is 442 g/mol. The van der Waals surface area contributed by atoms with Crippen molar-refractivity contribution in [1.82, 2.24) is 14.7 Å². The number of sulfone groups is 1. The standard InChI is InChI=1S/C21H24ClN3O5S/c1-11-17(21(28)24(2)23-11)19(26)14-8-9-16(31(3,29)30)15(18(14)22)10-25(13-6-7-13)20(27)12-4-5-12/h8-9,12-13,23H,4-7,10H2,1-3H3. The Morgan fingerprint density at radius 1 is 1.23 bits per heavy atom. The second-order valence-corrected chi connectivity index (χ2v) is 10.8. The number of rotatable bonds is 7. The van der Waals surface area contributed by atoms with E-state index in [0.29, 0.717) is 5.69 Å². The average Bonchev–Trinajstić information content (AvgIpc) is 3.58. The first kappa shape index (κ1) is 21.8. The van der Waals surface area contributed by atoms with Crippen molar-refractivity contribution in [2.24, 2.45) is 13.0 Å². The topological polar surface area (TPSA) is 109 Å². The Morgan fingerprint density at radius 3 is 2.35 bits per heavy atom. The number of halogens is 1. The molecule has 0 bridgehead atoms. The Labute approximate surface area is 185 Å². The Hall–Kier alpha value is -2.39. The first-order valence-electron chi connectivity index (χ1n) is 10.1. The highest BCUT2D eigenvalue weighted by Crippen LogP contribution is 2.39. The van der Waals surface area contributed by atoms with Gasteiger partial charge in [0.25, 0.3) is 5.56 Å². The maximum atomic E-state index is 13.2. The van der Waals surface area contributed by atoms with Gasteiger partial charge in [0.2, 0.25) is 11.7 Å². The third-order valence-corrected chi connectivity index (χ3v) is 7.44. The molecule has 31 heavy (non-hydrogen) atoms. The lowest BCUT2D eigenvalue weighted by Crippen LogP contribution is -2.34. The monoisotopic (exact) mass is 465 g/mol. The minimum absolute atomic E-state index is 0.00472. The number of hydrogen-bond acceptors (Lipinski definition) is 5. The van der Waals surface area contributed by atoms with E-state index in [-0.39, 0.29) is 51.0 Å². The smallest absolute Gasteiger partial charge is 0.277 e. The van der Waals surface area contributed by atoms with E-state index >= 15 is 0 Å². The van der Waals surface area contributed by atoms with E-state index in [1.165, 1.54) is 23.9 Å². The molecule has 1 heterocycles. The predicted octanol–water partition coefficient (Wildman–Crippen LogP) is 2.21. The van der Waals surface area contributed by atoms with Gasteiger partial charge in [0.1, 0.15) is 5.56 Å². The van der Waals surface area contributed by atoms with Crippen molar-refractivity contribution in [3.8, 4) is 0 Å². The van der Waals surface area contributed by atoms with Crippen LogP contribution in [0, 0.1) is 12.8 Å². The van der Waals surface area contributed by atoms with E-state index in [4.69, 9.17) is 11.6 Å². The molecule has 2 saturated carbocycles. The van der Waals surface area contributed by atoms with Gasteiger partial charge in [-0.25, -0.2) is 8.42 Å². The normalized spacial score (nSPS) is 16.4. The molecule has 1 amide bonds. The van der Waals surface area contributed by atoms with Crippen LogP contribution >= 0.6 is 11.6 Å². The number of nitrogens with zero attached hydrogens (tertiary/aromatic N) is 2. The number of aryl methyl sites for hydroxylation is 2. The van der Waals surface area contributed by atoms with Crippen molar-refractivity contribution in [2.45, 2.75) is 50.1 Å². The van der Waals surface area contributed by atoms with Crippen LogP contribution < -0.4 is 5.56 Å². The zero-order valence-corrected chi connectivity index (χ0v) is 19.1. The van der Waals surface area contributed by atoms with Crippen LogP contribution in [-0.4, -0.2) is 47.1 Å². The molecule has 0 aliphatic heterocycles. The zero-order valence-electron chi connectivity index (χ0n) is 17.6. The Bertz CT molecular complexity index is 1250. The van der Waals surface area contributed by atoms with E-state index in [1.807, 2.05) is 0 Å². The van der Waals surface area contributed by atoms with Crippen LogP contribution in [0.25, 0.3) is 0 Å². The number of nitrogens with one attached hydrogen (secondary N) is 1. The summed E-state index contributed by atoms with van der Waals surface area (Å²) in [7, 11) is -2.16. The first-order chi connectivity index (χ1) is 14.5. The van der Waals surface area contributed by atoms with Gasteiger partial charge >= 0.3 is 0 Å². The molecule has 0 saturated heterocycles. The second kappa shape index (κ2) is 7.63. The molecule has 10 heteroatoms. The summed E-state index contributed by atoms with van der Waals surface area (Å²) in [6, 6.07) is 2.74. The number of ketones is 1. The molecule has 0 radical (unpaired) electrons. The van der Waals surface area contributed by atoms with Crippen LogP contribution in [0.15, 0.2) is 21.8 Å². The molecule has 1 aromatic carbocycles. The maximum absolute atomic E-state index is 13.2. The fraction of sp³-hybridized carbons (Fsp3) is 0.476. The quantitative estimate of drug-likeness (QED) is 0.630. The number of carbonyl (C=O) groups excluding carboxylic acids is 2. The van der Waals surface area contributed by atoms with Gasteiger partial charge in [-0.1, -0.05) is 11.6 Å². The van der Waals surface area contributed by atoms with Gasteiger partial charge in [-0.05, 0) is 44.7 Å². The lowest BCUT2D eigenvalue weighted by molar-refractivity contribution is -0.133.